The molecule has 1 nitrogen and oxygen atoms in total. The molecule has 1 aliphatic rings. The van der Waals surface area contributed by atoms with Crippen molar-refractivity contribution in [1.82, 2.24) is 5.32 Å². The van der Waals surface area contributed by atoms with Gasteiger partial charge in [0.2, 0.25) is 0 Å². The van der Waals surface area contributed by atoms with Crippen molar-refractivity contribution in [3.8, 4) is 0 Å². The summed E-state index contributed by atoms with van der Waals surface area (Å²) in [6.45, 7) is 5.43. The summed E-state index contributed by atoms with van der Waals surface area (Å²) in [5.74, 6) is 1.32. The molecule has 112 valence electrons. The van der Waals surface area contributed by atoms with Crippen molar-refractivity contribution in [3.05, 3.63) is 34.3 Å². The maximum Gasteiger partial charge on any atom is 0.0441 e. The topological polar surface area (TPSA) is 12.0 Å². The van der Waals surface area contributed by atoms with Crippen molar-refractivity contribution in [1.29, 1.82) is 0 Å². The van der Waals surface area contributed by atoms with Crippen LogP contribution >= 0.6 is 23.4 Å². The largest absolute Gasteiger partial charge is 0.313 e. The molecule has 0 spiro atoms. The number of rotatable bonds is 6. The molecule has 2 unspecified atom stereocenters. The van der Waals surface area contributed by atoms with E-state index in [0.717, 1.165) is 23.2 Å². The molecule has 1 aromatic carbocycles. The van der Waals surface area contributed by atoms with E-state index in [2.05, 4.69) is 49.1 Å². The van der Waals surface area contributed by atoms with Crippen LogP contribution in [0.1, 0.15) is 43.7 Å². The summed E-state index contributed by atoms with van der Waals surface area (Å²) in [7, 11) is 0. The predicted octanol–water partition coefficient (Wildman–Crippen LogP) is 4.84. The van der Waals surface area contributed by atoms with Gasteiger partial charge in [-0.2, -0.15) is 11.8 Å². The summed E-state index contributed by atoms with van der Waals surface area (Å²) in [5.41, 5.74) is 2.53. The second-order valence-corrected chi connectivity index (χ2v) is 7.52. The first-order valence-corrected chi connectivity index (χ1v) is 9.23. The molecule has 0 saturated carbocycles. The fourth-order valence-electron chi connectivity index (χ4n) is 2.80. The van der Waals surface area contributed by atoms with Crippen LogP contribution in [0.3, 0.4) is 0 Å². The smallest absolute Gasteiger partial charge is 0.0441 e. The van der Waals surface area contributed by atoms with Gasteiger partial charge in [-0.15, -0.1) is 0 Å². The molecular formula is C17H26ClNS. The summed E-state index contributed by atoms with van der Waals surface area (Å²) >= 11 is 8.56. The number of nitrogens with one attached hydrogen (secondary N) is 1. The number of benzene rings is 1. The average molecular weight is 312 g/mol. The predicted molar refractivity (Wildman–Crippen MR) is 92.1 cm³/mol. The molecule has 1 aliphatic heterocycles. The zero-order valence-corrected chi connectivity index (χ0v) is 14.2. The van der Waals surface area contributed by atoms with Crippen LogP contribution in [0.15, 0.2) is 18.2 Å². The Morgan fingerprint density at radius 2 is 2.25 bits per heavy atom. The molecule has 0 radical (unpaired) electrons. The van der Waals surface area contributed by atoms with Gasteiger partial charge in [0.05, 0.1) is 0 Å². The number of halogens is 1. The quantitative estimate of drug-likeness (QED) is 0.806. The minimum atomic E-state index is 0.556. The van der Waals surface area contributed by atoms with Gasteiger partial charge >= 0.3 is 0 Å². The van der Waals surface area contributed by atoms with E-state index in [1.807, 2.05) is 0 Å². The summed E-state index contributed by atoms with van der Waals surface area (Å²) in [5, 5.41) is 5.42. The van der Waals surface area contributed by atoms with Gasteiger partial charge in [0.1, 0.15) is 0 Å². The maximum atomic E-state index is 6.41. The van der Waals surface area contributed by atoms with E-state index in [-0.39, 0.29) is 0 Å². The Hall–Kier alpha value is -0.180. The maximum absolute atomic E-state index is 6.41. The normalized spacial score (nSPS) is 20.9. The minimum absolute atomic E-state index is 0.556. The van der Waals surface area contributed by atoms with E-state index in [0.29, 0.717) is 6.04 Å². The second-order valence-electron chi connectivity index (χ2n) is 5.76. The zero-order chi connectivity index (χ0) is 14.4. The molecule has 1 saturated heterocycles. The Kier molecular flexibility index (Phi) is 6.73. The van der Waals surface area contributed by atoms with Gasteiger partial charge in [0.15, 0.2) is 0 Å². The van der Waals surface area contributed by atoms with Crippen LogP contribution in [0.4, 0.5) is 0 Å². The third kappa shape index (κ3) is 4.68. The van der Waals surface area contributed by atoms with Gasteiger partial charge < -0.3 is 5.32 Å². The third-order valence-electron chi connectivity index (χ3n) is 3.97. The van der Waals surface area contributed by atoms with E-state index < -0.39 is 0 Å². The fraction of sp³-hybridized carbons (Fsp3) is 0.647. The van der Waals surface area contributed by atoms with E-state index in [4.69, 9.17) is 11.6 Å². The lowest BCUT2D eigenvalue weighted by Crippen LogP contribution is -2.41. The first kappa shape index (κ1) is 16.2. The zero-order valence-electron chi connectivity index (χ0n) is 12.6. The van der Waals surface area contributed by atoms with E-state index in [9.17, 15) is 0 Å². The van der Waals surface area contributed by atoms with Crippen LogP contribution in [0.25, 0.3) is 0 Å². The molecule has 0 bridgehead atoms. The molecular weight excluding hydrogens is 286 g/mol. The Bertz CT molecular complexity index is 415. The molecule has 1 aromatic rings. The van der Waals surface area contributed by atoms with E-state index in [1.54, 1.807) is 0 Å². The molecule has 2 atom stereocenters. The number of hydrogen-bond donors (Lipinski definition) is 1. The lowest BCUT2D eigenvalue weighted by Gasteiger charge is -2.31. The molecule has 1 fully saturated rings. The Balaban J connectivity index is 2.05. The molecule has 2 rings (SSSR count). The van der Waals surface area contributed by atoms with Gasteiger partial charge in [-0.3, -0.25) is 0 Å². The van der Waals surface area contributed by atoms with Crippen LogP contribution in [0, 0.1) is 6.92 Å². The van der Waals surface area contributed by atoms with Crippen LogP contribution in [-0.4, -0.2) is 23.6 Å². The van der Waals surface area contributed by atoms with Gasteiger partial charge in [-0.05, 0) is 62.1 Å². The molecule has 0 aliphatic carbocycles. The average Bonchev–Trinajstić information content (AvgIpc) is 2.46. The van der Waals surface area contributed by atoms with Crippen molar-refractivity contribution >= 4 is 23.4 Å². The molecule has 3 heteroatoms. The van der Waals surface area contributed by atoms with Gasteiger partial charge in [0.25, 0.3) is 0 Å². The minimum Gasteiger partial charge on any atom is -0.313 e. The Labute approximate surface area is 132 Å². The monoisotopic (exact) mass is 311 g/mol. The third-order valence-corrected chi connectivity index (χ3v) is 5.84. The molecule has 1 N–H and O–H groups in total. The van der Waals surface area contributed by atoms with Gasteiger partial charge in [-0.1, -0.05) is 37.1 Å². The highest BCUT2D eigenvalue weighted by Gasteiger charge is 2.24. The summed E-state index contributed by atoms with van der Waals surface area (Å²) in [4.78, 5) is 0. The van der Waals surface area contributed by atoms with Crippen molar-refractivity contribution in [2.75, 3.05) is 12.3 Å². The summed E-state index contributed by atoms with van der Waals surface area (Å²) in [6.07, 6.45) is 6.35. The second kappa shape index (κ2) is 8.31. The van der Waals surface area contributed by atoms with Crippen LogP contribution in [-0.2, 0) is 6.42 Å². The molecule has 20 heavy (non-hydrogen) atoms. The van der Waals surface area contributed by atoms with E-state index >= 15 is 0 Å². The Morgan fingerprint density at radius 1 is 1.40 bits per heavy atom. The van der Waals surface area contributed by atoms with Gasteiger partial charge in [0, 0.05) is 16.3 Å². The summed E-state index contributed by atoms with van der Waals surface area (Å²) in [6, 6.07) is 7.01. The lowest BCUT2D eigenvalue weighted by atomic mass is 9.98. The summed E-state index contributed by atoms with van der Waals surface area (Å²) < 4.78 is 0. The fourth-order valence-corrected chi connectivity index (χ4v) is 4.55. The van der Waals surface area contributed by atoms with Crippen molar-refractivity contribution in [2.45, 2.75) is 57.2 Å². The standard InChI is InChI=1S/C17H26ClNS/c1-3-9-19-16(17-6-4-5-10-20-17)12-14-8-7-13(2)11-15(14)18/h7-8,11,16-17,19H,3-6,9-10,12H2,1-2H3. The number of hydrogen-bond acceptors (Lipinski definition) is 2. The Morgan fingerprint density at radius 3 is 2.90 bits per heavy atom. The first-order chi connectivity index (χ1) is 9.70. The van der Waals surface area contributed by atoms with Gasteiger partial charge in [-0.25, -0.2) is 0 Å². The SMILES string of the molecule is CCCNC(Cc1ccc(C)cc1Cl)C1CCCCS1. The highest BCUT2D eigenvalue weighted by molar-refractivity contribution is 8.00. The molecule has 1 heterocycles. The van der Waals surface area contributed by atoms with E-state index in [1.165, 1.54) is 42.6 Å². The van der Waals surface area contributed by atoms with Crippen LogP contribution in [0.5, 0.6) is 0 Å². The highest BCUT2D eigenvalue weighted by Crippen LogP contribution is 2.30. The van der Waals surface area contributed by atoms with Crippen molar-refractivity contribution < 1.29 is 0 Å². The van der Waals surface area contributed by atoms with Crippen molar-refractivity contribution in [3.63, 3.8) is 0 Å². The molecule has 0 aromatic heterocycles. The van der Waals surface area contributed by atoms with Crippen LogP contribution in [0.2, 0.25) is 5.02 Å². The number of aryl methyl sites for hydroxylation is 1. The highest BCUT2D eigenvalue weighted by atomic mass is 35.5. The van der Waals surface area contributed by atoms with Crippen molar-refractivity contribution in [2.24, 2.45) is 0 Å². The molecule has 0 amide bonds. The lowest BCUT2D eigenvalue weighted by molar-refractivity contribution is 0.461. The first-order valence-electron chi connectivity index (χ1n) is 7.80. The number of thioether (sulfide) groups is 1. The van der Waals surface area contributed by atoms with Crippen LogP contribution < -0.4 is 5.32 Å².